The Morgan fingerprint density at radius 3 is 2.79 bits per heavy atom. The predicted octanol–water partition coefficient (Wildman–Crippen LogP) is 2.70. The lowest BCUT2D eigenvalue weighted by molar-refractivity contribution is 0.308. The third-order valence-corrected chi connectivity index (χ3v) is 2.08. The van der Waals surface area contributed by atoms with E-state index in [1.807, 2.05) is 6.92 Å². The molecular formula is C10H13ClN2O. The highest BCUT2D eigenvalue weighted by molar-refractivity contribution is 6.30. The third-order valence-electron chi connectivity index (χ3n) is 1.71. The van der Waals surface area contributed by atoms with Gasteiger partial charge < -0.3 is 4.74 Å². The predicted molar refractivity (Wildman–Crippen MR) is 56.8 cm³/mol. The van der Waals surface area contributed by atoms with Crippen LogP contribution in [0.25, 0.3) is 0 Å². The van der Waals surface area contributed by atoms with Gasteiger partial charge in [-0.3, -0.25) is 0 Å². The lowest BCUT2D eigenvalue weighted by Crippen LogP contribution is -2.02. The number of ether oxygens (including phenoxy) is 1. The number of hydrogen-bond donors (Lipinski definition) is 0. The Hall–Kier alpha value is -1.09. The Bertz CT molecular complexity index is 339. The van der Waals surface area contributed by atoms with Crippen LogP contribution >= 0.6 is 11.6 Å². The average molecular weight is 213 g/mol. The molecule has 0 unspecified atom stereocenters. The van der Waals surface area contributed by atoms with Crippen molar-refractivity contribution in [3.8, 4) is 5.88 Å². The standard InChI is InChI=1S/C10H13ClN2O/c1-4-5-6-14-10-7(2)9(11)12-8(3)13-10/h4H,1,5-6H2,2-3H3. The molecule has 1 rings (SSSR count). The summed E-state index contributed by atoms with van der Waals surface area (Å²) in [4.78, 5) is 8.17. The molecule has 0 atom stereocenters. The molecule has 0 amide bonds. The van der Waals surface area contributed by atoms with Crippen LogP contribution in [-0.4, -0.2) is 16.6 Å². The van der Waals surface area contributed by atoms with E-state index in [1.165, 1.54) is 0 Å². The first-order valence-corrected chi connectivity index (χ1v) is 4.77. The maximum absolute atomic E-state index is 5.88. The van der Waals surface area contributed by atoms with Gasteiger partial charge in [-0.05, 0) is 20.3 Å². The van der Waals surface area contributed by atoms with Crippen molar-refractivity contribution in [3.63, 3.8) is 0 Å². The minimum absolute atomic E-state index is 0.450. The van der Waals surface area contributed by atoms with E-state index in [2.05, 4.69) is 16.5 Å². The fourth-order valence-electron chi connectivity index (χ4n) is 0.949. The number of aryl methyl sites for hydroxylation is 1. The fraction of sp³-hybridized carbons (Fsp3) is 0.400. The van der Waals surface area contributed by atoms with Crippen LogP contribution < -0.4 is 4.74 Å². The second-order valence-corrected chi connectivity index (χ2v) is 3.28. The van der Waals surface area contributed by atoms with Crippen LogP contribution in [-0.2, 0) is 0 Å². The first-order chi connectivity index (χ1) is 6.65. The second kappa shape index (κ2) is 4.96. The van der Waals surface area contributed by atoms with Gasteiger partial charge in [0.05, 0.1) is 6.61 Å². The molecule has 0 aromatic carbocycles. The fourth-order valence-corrected chi connectivity index (χ4v) is 1.15. The Kier molecular flexibility index (Phi) is 3.89. The highest BCUT2D eigenvalue weighted by atomic mass is 35.5. The monoisotopic (exact) mass is 212 g/mol. The number of halogens is 1. The van der Waals surface area contributed by atoms with Crippen LogP contribution in [0, 0.1) is 13.8 Å². The van der Waals surface area contributed by atoms with Gasteiger partial charge in [0.25, 0.3) is 0 Å². The van der Waals surface area contributed by atoms with E-state index in [0.717, 1.165) is 12.0 Å². The summed E-state index contributed by atoms with van der Waals surface area (Å²) in [6.07, 6.45) is 2.59. The van der Waals surface area contributed by atoms with Gasteiger partial charge in [0.1, 0.15) is 11.0 Å². The number of rotatable bonds is 4. The maximum Gasteiger partial charge on any atom is 0.221 e. The lowest BCUT2D eigenvalue weighted by atomic mass is 10.3. The van der Waals surface area contributed by atoms with Gasteiger partial charge in [0, 0.05) is 5.56 Å². The van der Waals surface area contributed by atoms with Crippen molar-refractivity contribution in [2.24, 2.45) is 0 Å². The zero-order valence-corrected chi connectivity index (χ0v) is 9.14. The Morgan fingerprint density at radius 2 is 2.14 bits per heavy atom. The summed E-state index contributed by atoms with van der Waals surface area (Å²) >= 11 is 5.88. The van der Waals surface area contributed by atoms with Crippen LogP contribution in [0.5, 0.6) is 5.88 Å². The summed E-state index contributed by atoms with van der Waals surface area (Å²) < 4.78 is 5.43. The molecule has 3 nitrogen and oxygen atoms in total. The van der Waals surface area contributed by atoms with Crippen LogP contribution in [0.2, 0.25) is 5.15 Å². The number of hydrogen-bond acceptors (Lipinski definition) is 3. The molecule has 0 radical (unpaired) electrons. The van der Waals surface area contributed by atoms with Crippen molar-refractivity contribution < 1.29 is 4.74 Å². The summed E-state index contributed by atoms with van der Waals surface area (Å²) in [5.74, 6) is 1.18. The molecule has 0 aliphatic heterocycles. The molecule has 0 saturated carbocycles. The van der Waals surface area contributed by atoms with Gasteiger partial charge in [0.15, 0.2) is 0 Å². The first-order valence-electron chi connectivity index (χ1n) is 4.39. The van der Waals surface area contributed by atoms with E-state index < -0.39 is 0 Å². The molecule has 0 spiro atoms. The van der Waals surface area contributed by atoms with Gasteiger partial charge >= 0.3 is 0 Å². The van der Waals surface area contributed by atoms with Crippen LogP contribution in [0.3, 0.4) is 0 Å². The molecule has 0 aliphatic carbocycles. The molecule has 1 aromatic rings. The normalized spacial score (nSPS) is 9.93. The third kappa shape index (κ3) is 2.70. The van der Waals surface area contributed by atoms with E-state index in [-0.39, 0.29) is 0 Å². The SMILES string of the molecule is C=CCCOc1nc(C)nc(Cl)c1C. The van der Waals surface area contributed by atoms with E-state index in [0.29, 0.717) is 23.5 Å². The van der Waals surface area contributed by atoms with Crippen molar-refractivity contribution in [2.75, 3.05) is 6.61 Å². The van der Waals surface area contributed by atoms with Gasteiger partial charge in [-0.1, -0.05) is 17.7 Å². The van der Waals surface area contributed by atoms with Crippen LogP contribution in [0.15, 0.2) is 12.7 Å². The molecule has 0 saturated heterocycles. The Balaban J connectivity index is 2.79. The van der Waals surface area contributed by atoms with Crippen LogP contribution in [0.1, 0.15) is 17.8 Å². The minimum atomic E-state index is 0.450. The summed E-state index contributed by atoms with van der Waals surface area (Å²) in [6, 6.07) is 0. The van der Waals surface area contributed by atoms with Crippen molar-refractivity contribution in [1.29, 1.82) is 0 Å². The average Bonchev–Trinajstić information content (AvgIpc) is 2.13. The molecule has 1 aromatic heterocycles. The van der Waals surface area contributed by atoms with E-state index in [9.17, 15) is 0 Å². The first kappa shape index (κ1) is 11.0. The van der Waals surface area contributed by atoms with Gasteiger partial charge in [-0.25, -0.2) is 4.98 Å². The van der Waals surface area contributed by atoms with E-state index in [4.69, 9.17) is 16.3 Å². The quantitative estimate of drug-likeness (QED) is 0.437. The summed E-state index contributed by atoms with van der Waals surface area (Å²) in [5, 5.41) is 0.450. The van der Waals surface area contributed by atoms with Crippen molar-refractivity contribution in [1.82, 2.24) is 9.97 Å². The van der Waals surface area contributed by atoms with Gasteiger partial charge in [0.2, 0.25) is 5.88 Å². The highest BCUT2D eigenvalue weighted by Crippen LogP contribution is 2.21. The molecule has 0 bridgehead atoms. The molecule has 1 heterocycles. The molecule has 14 heavy (non-hydrogen) atoms. The van der Waals surface area contributed by atoms with Crippen molar-refractivity contribution in [3.05, 3.63) is 29.2 Å². The Labute approximate surface area is 88.8 Å². The number of nitrogens with zero attached hydrogens (tertiary/aromatic N) is 2. The van der Waals surface area contributed by atoms with Crippen molar-refractivity contribution in [2.45, 2.75) is 20.3 Å². The molecule has 0 N–H and O–H groups in total. The second-order valence-electron chi connectivity index (χ2n) is 2.92. The summed E-state index contributed by atoms with van der Waals surface area (Å²) in [7, 11) is 0. The Morgan fingerprint density at radius 1 is 1.43 bits per heavy atom. The molecule has 0 fully saturated rings. The van der Waals surface area contributed by atoms with E-state index >= 15 is 0 Å². The minimum Gasteiger partial charge on any atom is -0.477 e. The smallest absolute Gasteiger partial charge is 0.221 e. The maximum atomic E-state index is 5.88. The molecule has 4 heteroatoms. The van der Waals surface area contributed by atoms with Gasteiger partial charge in [-0.15, -0.1) is 6.58 Å². The molecule has 0 aliphatic rings. The summed E-state index contributed by atoms with van der Waals surface area (Å²) in [6.45, 7) is 7.80. The lowest BCUT2D eigenvalue weighted by Gasteiger charge is -2.08. The largest absolute Gasteiger partial charge is 0.477 e. The van der Waals surface area contributed by atoms with Crippen molar-refractivity contribution >= 4 is 11.6 Å². The number of aromatic nitrogens is 2. The zero-order chi connectivity index (χ0) is 10.6. The topological polar surface area (TPSA) is 35.0 Å². The van der Waals surface area contributed by atoms with E-state index in [1.54, 1.807) is 13.0 Å². The molecule has 76 valence electrons. The highest BCUT2D eigenvalue weighted by Gasteiger charge is 2.07. The molecular weight excluding hydrogens is 200 g/mol. The summed E-state index contributed by atoms with van der Waals surface area (Å²) in [5.41, 5.74) is 0.779. The van der Waals surface area contributed by atoms with Gasteiger partial charge in [-0.2, -0.15) is 4.98 Å². The van der Waals surface area contributed by atoms with Crippen LogP contribution in [0.4, 0.5) is 0 Å². The zero-order valence-electron chi connectivity index (χ0n) is 8.38.